The first-order valence-corrected chi connectivity index (χ1v) is 13.7. The Bertz CT molecular complexity index is 1600. The van der Waals surface area contributed by atoms with Crippen LogP contribution in [0.25, 0.3) is 10.8 Å². The summed E-state index contributed by atoms with van der Waals surface area (Å²) in [6.07, 6.45) is 0.102. The number of amides is 2. The molecule has 4 aromatic carbocycles. The normalized spacial score (nSPS) is 16.2. The number of carbonyl (C=O) groups excluding carboxylic acids is 2. The van der Waals surface area contributed by atoms with E-state index in [1.807, 2.05) is 49.4 Å². The molecule has 1 heterocycles. The number of halogens is 1. The van der Waals surface area contributed by atoms with Crippen LogP contribution in [0.5, 0.6) is 0 Å². The summed E-state index contributed by atoms with van der Waals surface area (Å²) in [7, 11) is -4.12. The minimum absolute atomic E-state index is 0.0148. The maximum atomic E-state index is 14.0. The van der Waals surface area contributed by atoms with Crippen molar-refractivity contribution < 1.29 is 18.0 Å². The Balaban J connectivity index is 1.53. The summed E-state index contributed by atoms with van der Waals surface area (Å²) >= 11 is 6.13. The molecule has 188 valence electrons. The molecule has 1 aliphatic heterocycles. The van der Waals surface area contributed by atoms with Crippen LogP contribution in [0.4, 0.5) is 5.69 Å². The molecule has 0 N–H and O–H groups in total. The smallest absolute Gasteiger partial charge is 0.252 e. The predicted octanol–water partition coefficient (Wildman–Crippen LogP) is 5.37. The van der Waals surface area contributed by atoms with Crippen LogP contribution in [0.2, 0.25) is 5.02 Å². The van der Waals surface area contributed by atoms with Gasteiger partial charge in [0.05, 0.1) is 17.0 Å². The molecule has 4 aromatic rings. The van der Waals surface area contributed by atoms with Crippen LogP contribution in [-0.2, 0) is 26.0 Å². The van der Waals surface area contributed by atoms with E-state index >= 15 is 0 Å². The molecule has 2 amide bonds. The van der Waals surface area contributed by atoms with Gasteiger partial charge in [-0.25, -0.2) is 13.3 Å². The van der Waals surface area contributed by atoms with Gasteiger partial charge in [0.15, 0.2) is 0 Å². The first kappa shape index (κ1) is 25.1. The largest absolute Gasteiger partial charge is 0.274 e. The molecule has 1 atom stereocenters. The Labute approximate surface area is 221 Å². The average molecular weight is 533 g/mol. The van der Waals surface area contributed by atoms with Gasteiger partial charge in [0, 0.05) is 11.6 Å². The number of aryl methyl sites for hydroxylation is 1. The van der Waals surface area contributed by atoms with E-state index in [0.717, 1.165) is 26.8 Å². The molecule has 1 unspecified atom stereocenters. The molecule has 0 saturated carbocycles. The molecule has 0 aliphatic carbocycles. The van der Waals surface area contributed by atoms with Crippen molar-refractivity contribution in [2.24, 2.45) is 0 Å². The molecule has 5 rings (SSSR count). The van der Waals surface area contributed by atoms with E-state index in [1.165, 1.54) is 4.31 Å². The van der Waals surface area contributed by atoms with Crippen LogP contribution in [0, 0.1) is 6.92 Å². The summed E-state index contributed by atoms with van der Waals surface area (Å²) < 4.78 is 29.2. The van der Waals surface area contributed by atoms with Crippen molar-refractivity contribution in [3.63, 3.8) is 0 Å². The summed E-state index contributed by atoms with van der Waals surface area (Å²) in [4.78, 5) is 27.7. The summed E-state index contributed by atoms with van der Waals surface area (Å²) in [6.45, 7) is 1.93. The number of carbonyl (C=O) groups is 2. The quantitative estimate of drug-likeness (QED) is 0.300. The number of hydrogen-bond donors (Lipinski definition) is 0. The van der Waals surface area contributed by atoms with Gasteiger partial charge in [0.1, 0.15) is 6.04 Å². The lowest BCUT2D eigenvalue weighted by molar-refractivity contribution is -0.122. The molecule has 0 bridgehead atoms. The van der Waals surface area contributed by atoms with Gasteiger partial charge in [-0.15, -0.1) is 0 Å². The summed E-state index contributed by atoms with van der Waals surface area (Å²) in [6, 6.07) is 25.4. The van der Waals surface area contributed by atoms with E-state index in [2.05, 4.69) is 0 Å². The average Bonchev–Trinajstić information content (AvgIpc) is 3.17. The van der Waals surface area contributed by atoms with E-state index in [1.54, 1.807) is 48.5 Å². The fourth-order valence-electron chi connectivity index (χ4n) is 4.64. The highest BCUT2D eigenvalue weighted by molar-refractivity contribution is 7.89. The van der Waals surface area contributed by atoms with Crippen molar-refractivity contribution in [3.05, 3.63) is 107 Å². The number of fused-ring (bicyclic) bond motifs is 1. The van der Waals surface area contributed by atoms with Crippen LogP contribution < -0.4 is 4.90 Å². The molecular weight excluding hydrogens is 508 g/mol. The van der Waals surface area contributed by atoms with E-state index in [4.69, 9.17) is 11.6 Å². The second-order valence-corrected chi connectivity index (χ2v) is 11.5. The summed E-state index contributed by atoms with van der Waals surface area (Å²) in [5.74, 6) is -0.982. The number of hydrogen-bond acceptors (Lipinski definition) is 4. The van der Waals surface area contributed by atoms with Gasteiger partial charge in [-0.2, -0.15) is 4.31 Å². The van der Waals surface area contributed by atoms with E-state index < -0.39 is 27.9 Å². The molecule has 0 radical (unpaired) electrons. The highest BCUT2D eigenvalue weighted by atomic mass is 35.5. The van der Waals surface area contributed by atoms with Crippen molar-refractivity contribution in [3.8, 4) is 0 Å². The van der Waals surface area contributed by atoms with Crippen molar-refractivity contribution >= 4 is 49.9 Å². The first-order valence-electron chi connectivity index (χ1n) is 11.9. The topological polar surface area (TPSA) is 74.8 Å². The second-order valence-electron chi connectivity index (χ2n) is 9.13. The van der Waals surface area contributed by atoms with Gasteiger partial charge in [0.25, 0.3) is 5.91 Å². The fraction of sp³-hybridized carbons (Fsp3) is 0.172. The van der Waals surface area contributed by atoms with Crippen molar-refractivity contribution in [1.29, 1.82) is 0 Å². The maximum Gasteiger partial charge on any atom is 0.252 e. The lowest BCUT2D eigenvalue weighted by Crippen LogP contribution is -2.46. The molecule has 1 saturated heterocycles. The number of imide groups is 1. The second kappa shape index (κ2) is 10.1. The van der Waals surface area contributed by atoms with Gasteiger partial charge in [-0.05, 0) is 66.1 Å². The Kier molecular flexibility index (Phi) is 6.86. The third kappa shape index (κ3) is 5.03. The molecule has 0 aromatic heterocycles. The highest BCUT2D eigenvalue weighted by Crippen LogP contribution is 2.31. The van der Waals surface area contributed by atoms with Crippen molar-refractivity contribution in [2.75, 3.05) is 11.4 Å². The third-order valence-corrected chi connectivity index (χ3v) is 8.74. The highest BCUT2D eigenvalue weighted by Gasteiger charge is 2.46. The third-order valence-electron chi connectivity index (χ3n) is 6.60. The number of benzene rings is 4. The zero-order chi connectivity index (χ0) is 26.2. The lowest BCUT2D eigenvalue weighted by Gasteiger charge is -2.27. The SMILES string of the molecule is Cc1ccc(N2C(=O)CC(N(CCc3cccc(Cl)c3)S(=O)(=O)c3ccc4ccccc4c3)C2=O)cc1. The molecular formula is C29H25ClN2O4S. The van der Waals surface area contributed by atoms with Gasteiger partial charge in [-0.1, -0.05) is 71.8 Å². The van der Waals surface area contributed by atoms with Crippen LogP contribution in [0.3, 0.4) is 0 Å². The molecule has 1 aliphatic rings. The maximum absolute atomic E-state index is 14.0. The minimum atomic E-state index is -4.12. The number of anilines is 1. The summed E-state index contributed by atoms with van der Waals surface area (Å²) in [5.41, 5.74) is 2.25. The van der Waals surface area contributed by atoms with Crippen LogP contribution in [0.1, 0.15) is 17.5 Å². The van der Waals surface area contributed by atoms with Crippen LogP contribution in [-0.4, -0.2) is 37.1 Å². The standard InChI is InChI=1S/C29H25ClN2O4S/c1-20-9-12-25(13-10-20)32-28(33)19-27(29(32)34)31(16-15-21-5-4-8-24(30)17-21)37(35,36)26-14-11-22-6-2-3-7-23(22)18-26/h2-14,17-18,27H,15-16,19H2,1H3. The van der Waals surface area contributed by atoms with Gasteiger partial charge >= 0.3 is 0 Å². The molecule has 1 fully saturated rings. The van der Waals surface area contributed by atoms with Crippen LogP contribution >= 0.6 is 11.6 Å². The summed E-state index contributed by atoms with van der Waals surface area (Å²) in [5, 5.41) is 2.22. The van der Waals surface area contributed by atoms with Crippen LogP contribution in [0.15, 0.2) is 95.9 Å². The number of rotatable bonds is 7. The van der Waals surface area contributed by atoms with Gasteiger partial charge < -0.3 is 0 Å². The predicted molar refractivity (Wildman–Crippen MR) is 145 cm³/mol. The number of nitrogens with zero attached hydrogens (tertiary/aromatic N) is 2. The molecule has 6 nitrogen and oxygen atoms in total. The Morgan fingerprint density at radius 2 is 1.62 bits per heavy atom. The monoisotopic (exact) mass is 532 g/mol. The lowest BCUT2D eigenvalue weighted by atomic mass is 10.1. The molecule has 8 heteroatoms. The van der Waals surface area contributed by atoms with Crippen molar-refractivity contribution in [2.45, 2.75) is 30.7 Å². The van der Waals surface area contributed by atoms with Gasteiger partial charge in [0.2, 0.25) is 15.9 Å². The Morgan fingerprint density at radius 1 is 0.892 bits per heavy atom. The van der Waals surface area contributed by atoms with E-state index in [9.17, 15) is 18.0 Å². The Hall–Kier alpha value is -3.52. The first-order chi connectivity index (χ1) is 17.7. The minimum Gasteiger partial charge on any atom is -0.274 e. The van der Waals surface area contributed by atoms with E-state index in [-0.39, 0.29) is 17.9 Å². The number of sulfonamides is 1. The zero-order valence-electron chi connectivity index (χ0n) is 20.2. The van der Waals surface area contributed by atoms with E-state index in [0.29, 0.717) is 17.1 Å². The van der Waals surface area contributed by atoms with Crippen molar-refractivity contribution in [1.82, 2.24) is 4.31 Å². The van der Waals surface area contributed by atoms with Gasteiger partial charge in [-0.3, -0.25) is 9.59 Å². The Morgan fingerprint density at radius 3 is 2.35 bits per heavy atom. The molecule has 0 spiro atoms. The molecule has 37 heavy (non-hydrogen) atoms. The zero-order valence-corrected chi connectivity index (χ0v) is 21.7. The fourth-order valence-corrected chi connectivity index (χ4v) is 6.48.